The van der Waals surface area contributed by atoms with Crippen LogP contribution >= 0.6 is 0 Å². The van der Waals surface area contributed by atoms with E-state index >= 15 is 0 Å². The lowest BCUT2D eigenvalue weighted by molar-refractivity contribution is 0.607. The van der Waals surface area contributed by atoms with E-state index in [0.717, 1.165) is 25.1 Å². The molecule has 0 unspecified atom stereocenters. The molecule has 2 aromatic rings. The van der Waals surface area contributed by atoms with Crippen LogP contribution in [-0.4, -0.2) is 13.1 Å². The molecule has 0 radical (unpaired) electrons. The summed E-state index contributed by atoms with van der Waals surface area (Å²) in [5.74, 6) is 0. The number of likely N-dealkylation sites (N-methyl/N-ethyl adjacent to an activating group) is 1. The largest absolute Gasteiger partial charge is 0.464 e. The summed E-state index contributed by atoms with van der Waals surface area (Å²) in [5, 5.41) is 4.58. The van der Waals surface area contributed by atoms with Gasteiger partial charge in [-0.15, -0.1) is 0 Å². The van der Waals surface area contributed by atoms with Crippen LogP contribution in [-0.2, 0) is 6.42 Å². The van der Waals surface area contributed by atoms with Crippen LogP contribution in [0, 0.1) is 6.92 Å². The number of rotatable bonds is 4. The molecule has 15 heavy (non-hydrogen) atoms. The molecule has 1 N–H and O–H groups in total. The molecule has 2 rings (SSSR count). The highest BCUT2D eigenvalue weighted by molar-refractivity contribution is 5.81. The van der Waals surface area contributed by atoms with Gasteiger partial charge in [-0.05, 0) is 44.1 Å². The smallest absolute Gasteiger partial charge is 0.134 e. The van der Waals surface area contributed by atoms with Crippen LogP contribution in [0.2, 0.25) is 0 Å². The summed E-state index contributed by atoms with van der Waals surface area (Å²) in [6.07, 6.45) is 2.91. The van der Waals surface area contributed by atoms with Crippen molar-refractivity contribution in [3.63, 3.8) is 0 Å². The molecule has 1 heterocycles. The molecule has 0 saturated carbocycles. The molecule has 0 aliphatic rings. The van der Waals surface area contributed by atoms with Crippen molar-refractivity contribution < 1.29 is 4.42 Å². The molecule has 0 saturated heterocycles. The lowest BCUT2D eigenvalue weighted by Gasteiger charge is -1.99. The fourth-order valence-electron chi connectivity index (χ4n) is 1.79. The van der Waals surface area contributed by atoms with Gasteiger partial charge in [0.2, 0.25) is 0 Å². The van der Waals surface area contributed by atoms with Gasteiger partial charge in [0.1, 0.15) is 5.58 Å². The summed E-state index contributed by atoms with van der Waals surface area (Å²) in [6.45, 7) is 6.27. The molecule has 0 atom stereocenters. The molecule has 0 aliphatic carbocycles. The standard InChI is InChI=1S/C13H17NO/c1-3-14-7-6-11-9-15-13-5-4-10(2)8-12(11)13/h4-5,8-9,14H,3,6-7H2,1-2H3. The SMILES string of the molecule is CCNCCc1coc2ccc(C)cc12. The summed E-state index contributed by atoms with van der Waals surface area (Å²) in [5.41, 5.74) is 3.58. The number of furan rings is 1. The van der Waals surface area contributed by atoms with E-state index in [1.165, 1.54) is 16.5 Å². The Morgan fingerprint density at radius 1 is 1.33 bits per heavy atom. The predicted octanol–water partition coefficient (Wildman–Crippen LogP) is 2.89. The highest BCUT2D eigenvalue weighted by Crippen LogP contribution is 2.22. The van der Waals surface area contributed by atoms with Gasteiger partial charge in [-0.1, -0.05) is 18.6 Å². The van der Waals surface area contributed by atoms with E-state index in [2.05, 4.69) is 31.3 Å². The number of hydrogen-bond donors (Lipinski definition) is 1. The van der Waals surface area contributed by atoms with Gasteiger partial charge in [-0.25, -0.2) is 0 Å². The minimum absolute atomic E-state index is 0.993. The number of nitrogens with one attached hydrogen (secondary N) is 1. The van der Waals surface area contributed by atoms with Crippen LogP contribution in [0.3, 0.4) is 0 Å². The first kappa shape index (κ1) is 10.2. The van der Waals surface area contributed by atoms with Crippen LogP contribution in [0.25, 0.3) is 11.0 Å². The minimum Gasteiger partial charge on any atom is -0.464 e. The highest BCUT2D eigenvalue weighted by Gasteiger charge is 2.04. The maximum absolute atomic E-state index is 5.51. The average Bonchev–Trinajstić information content (AvgIpc) is 2.62. The third-order valence-corrected chi connectivity index (χ3v) is 2.63. The zero-order chi connectivity index (χ0) is 10.7. The molecule has 0 bridgehead atoms. The number of benzene rings is 1. The topological polar surface area (TPSA) is 25.2 Å². The molecule has 1 aromatic carbocycles. The molecule has 0 spiro atoms. The van der Waals surface area contributed by atoms with Gasteiger partial charge >= 0.3 is 0 Å². The maximum atomic E-state index is 5.51. The van der Waals surface area contributed by atoms with E-state index in [1.54, 1.807) is 0 Å². The van der Waals surface area contributed by atoms with Gasteiger partial charge in [-0.2, -0.15) is 0 Å². The molecule has 80 valence electrons. The third kappa shape index (κ3) is 2.21. The Labute approximate surface area is 90.3 Å². The van der Waals surface area contributed by atoms with Crippen molar-refractivity contribution in [2.45, 2.75) is 20.3 Å². The van der Waals surface area contributed by atoms with E-state index in [0.29, 0.717) is 0 Å². The van der Waals surface area contributed by atoms with Gasteiger partial charge in [0, 0.05) is 5.39 Å². The van der Waals surface area contributed by atoms with E-state index in [1.807, 2.05) is 12.3 Å². The second kappa shape index (κ2) is 4.49. The van der Waals surface area contributed by atoms with Crippen LogP contribution in [0.1, 0.15) is 18.1 Å². The number of hydrogen-bond acceptors (Lipinski definition) is 2. The fourth-order valence-corrected chi connectivity index (χ4v) is 1.79. The van der Waals surface area contributed by atoms with Crippen molar-refractivity contribution in [3.05, 3.63) is 35.6 Å². The molecular weight excluding hydrogens is 186 g/mol. The summed E-state index contributed by atoms with van der Waals surface area (Å²) < 4.78 is 5.51. The number of fused-ring (bicyclic) bond motifs is 1. The first-order valence-corrected chi connectivity index (χ1v) is 5.48. The molecule has 0 aliphatic heterocycles. The van der Waals surface area contributed by atoms with E-state index < -0.39 is 0 Å². The summed E-state index contributed by atoms with van der Waals surface area (Å²) >= 11 is 0. The van der Waals surface area contributed by atoms with Crippen molar-refractivity contribution in [2.75, 3.05) is 13.1 Å². The zero-order valence-electron chi connectivity index (χ0n) is 9.34. The summed E-state index contributed by atoms with van der Waals surface area (Å²) in [7, 11) is 0. The molecule has 1 aromatic heterocycles. The highest BCUT2D eigenvalue weighted by atomic mass is 16.3. The summed E-state index contributed by atoms with van der Waals surface area (Å²) in [4.78, 5) is 0. The molecule has 0 amide bonds. The normalized spacial score (nSPS) is 11.1. The number of aryl methyl sites for hydroxylation is 1. The van der Waals surface area contributed by atoms with Crippen LogP contribution < -0.4 is 5.32 Å². The van der Waals surface area contributed by atoms with E-state index in [9.17, 15) is 0 Å². The zero-order valence-corrected chi connectivity index (χ0v) is 9.34. The van der Waals surface area contributed by atoms with Gasteiger partial charge in [-0.3, -0.25) is 0 Å². The first-order valence-electron chi connectivity index (χ1n) is 5.48. The van der Waals surface area contributed by atoms with Crippen molar-refractivity contribution in [2.24, 2.45) is 0 Å². The van der Waals surface area contributed by atoms with Crippen molar-refractivity contribution >= 4 is 11.0 Å². The maximum Gasteiger partial charge on any atom is 0.134 e. The van der Waals surface area contributed by atoms with Crippen LogP contribution in [0.15, 0.2) is 28.9 Å². The second-order valence-corrected chi connectivity index (χ2v) is 3.86. The Morgan fingerprint density at radius 2 is 2.20 bits per heavy atom. The Bertz CT molecular complexity index is 445. The van der Waals surface area contributed by atoms with E-state index in [-0.39, 0.29) is 0 Å². The molecule has 2 nitrogen and oxygen atoms in total. The lowest BCUT2D eigenvalue weighted by Crippen LogP contribution is -2.15. The Morgan fingerprint density at radius 3 is 3.00 bits per heavy atom. The first-order chi connectivity index (χ1) is 7.31. The van der Waals surface area contributed by atoms with Gasteiger partial charge in [0.05, 0.1) is 6.26 Å². The predicted molar refractivity (Wildman–Crippen MR) is 63.2 cm³/mol. The summed E-state index contributed by atoms with van der Waals surface area (Å²) in [6, 6.07) is 6.32. The Hall–Kier alpha value is -1.28. The molecular formula is C13H17NO. The quantitative estimate of drug-likeness (QED) is 0.773. The van der Waals surface area contributed by atoms with Crippen LogP contribution in [0.4, 0.5) is 0 Å². The average molecular weight is 203 g/mol. The van der Waals surface area contributed by atoms with Crippen molar-refractivity contribution in [1.29, 1.82) is 0 Å². The minimum atomic E-state index is 0.993. The Balaban J connectivity index is 2.23. The Kier molecular flexibility index (Phi) is 3.07. The second-order valence-electron chi connectivity index (χ2n) is 3.86. The molecule has 2 heteroatoms. The lowest BCUT2D eigenvalue weighted by atomic mass is 10.1. The van der Waals surface area contributed by atoms with Crippen LogP contribution in [0.5, 0.6) is 0 Å². The van der Waals surface area contributed by atoms with Gasteiger partial charge in [0.15, 0.2) is 0 Å². The molecule has 0 fully saturated rings. The third-order valence-electron chi connectivity index (χ3n) is 2.63. The van der Waals surface area contributed by atoms with Crippen molar-refractivity contribution in [1.82, 2.24) is 5.32 Å². The van der Waals surface area contributed by atoms with E-state index in [4.69, 9.17) is 4.42 Å². The monoisotopic (exact) mass is 203 g/mol. The van der Waals surface area contributed by atoms with Gasteiger partial charge in [0.25, 0.3) is 0 Å². The fraction of sp³-hybridized carbons (Fsp3) is 0.385. The van der Waals surface area contributed by atoms with Gasteiger partial charge < -0.3 is 9.73 Å². The van der Waals surface area contributed by atoms with Crippen molar-refractivity contribution in [3.8, 4) is 0 Å².